The number of hydrogen-bond donors (Lipinski definition) is 1. The summed E-state index contributed by atoms with van der Waals surface area (Å²) in [5.74, 6) is 1.17. The smallest absolute Gasteiger partial charge is 0.198 e. The average molecular weight is 524 g/mol. The molecule has 1 unspecified atom stereocenters. The van der Waals surface area contributed by atoms with Crippen LogP contribution in [0, 0.1) is 24.1 Å². The van der Waals surface area contributed by atoms with E-state index in [2.05, 4.69) is 38.7 Å². The van der Waals surface area contributed by atoms with Gasteiger partial charge in [-0.15, -0.1) is 0 Å². The van der Waals surface area contributed by atoms with Crippen molar-refractivity contribution < 1.29 is 18.6 Å². The average Bonchev–Trinajstić information content (AvgIpc) is 3.67. The number of nitrogens with zero attached hydrogens (tertiary/aromatic N) is 1. The quantitative estimate of drug-likeness (QED) is 0.287. The van der Waals surface area contributed by atoms with E-state index >= 15 is 0 Å². The number of rotatable bonds is 9. The molecular weight excluding hydrogens is 484 g/mol. The third-order valence-electron chi connectivity index (χ3n) is 7.58. The van der Waals surface area contributed by atoms with Crippen molar-refractivity contribution in [3.05, 3.63) is 82.9 Å². The summed E-state index contributed by atoms with van der Waals surface area (Å²) in [5, 5.41) is 0. The van der Waals surface area contributed by atoms with Crippen LogP contribution in [0.3, 0.4) is 0 Å². The monoisotopic (exact) mass is 523 g/mol. The fourth-order valence-electron chi connectivity index (χ4n) is 4.91. The first-order valence-corrected chi connectivity index (χ1v) is 15.4. The molecule has 0 aliphatic heterocycles. The molecule has 1 saturated carbocycles. The molecule has 1 heterocycles. The van der Waals surface area contributed by atoms with E-state index < -0.39 is 7.37 Å². The highest BCUT2D eigenvalue weighted by atomic mass is 31.2. The molecule has 1 N–H and O–H groups in total. The van der Waals surface area contributed by atoms with E-state index in [-0.39, 0.29) is 23.1 Å². The first kappa shape index (κ1) is 27.5. The first-order chi connectivity index (χ1) is 17.3. The minimum Gasteiger partial charge on any atom is -0.489 e. The topological polar surface area (TPSA) is 59.4 Å². The van der Waals surface area contributed by atoms with E-state index in [1.54, 1.807) is 0 Å². The number of halogens is 1. The Morgan fingerprint density at radius 3 is 2.51 bits per heavy atom. The number of benzene rings is 2. The van der Waals surface area contributed by atoms with Gasteiger partial charge in [0.2, 0.25) is 0 Å². The van der Waals surface area contributed by atoms with Crippen molar-refractivity contribution in [1.82, 2.24) is 4.98 Å². The molecule has 6 heteroatoms. The van der Waals surface area contributed by atoms with E-state index in [0.29, 0.717) is 24.3 Å². The Hall–Kier alpha value is -2.49. The van der Waals surface area contributed by atoms with E-state index in [1.165, 1.54) is 12.9 Å². The highest BCUT2D eigenvalue weighted by Crippen LogP contribution is 2.51. The van der Waals surface area contributed by atoms with Gasteiger partial charge in [0, 0.05) is 24.1 Å². The minimum atomic E-state index is -3.12. The maximum atomic E-state index is 14.8. The predicted octanol–water partition coefficient (Wildman–Crippen LogP) is 8.32. The van der Waals surface area contributed by atoms with E-state index in [9.17, 15) is 13.8 Å². The van der Waals surface area contributed by atoms with Gasteiger partial charge in [-0.25, -0.2) is 4.39 Å². The molecule has 1 aromatic heterocycles. The van der Waals surface area contributed by atoms with Crippen molar-refractivity contribution in [2.45, 2.75) is 65.9 Å². The molecule has 198 valence electrons. The lowest BCUT2D eigenvalue weighted by Crippen LogP contribution is -2.16. The van der Waals surface area contributed by atoms with Crippen LogP contribution in [0.4, 0.5) is 4.39 Å². The second-order valence-corrected chi connectivity index (χ2v) is 14.3. The fraction of sp³-hybridized carbons (Fsp3) is 0.452. The first-order valence-electron chi connectivity index (χ1n) is 13.1. The van der Waals surface area contributed by atoms with Gasteiger partial charge in [-0.2, -0.15) is 0 Å². The van der Waals surface area contributed by atoms with Gasteiger partial charge in [0.25, 0.3) is 0 Å². The van der Waals surface area contributed by atoms with Gasteiger partial charge in [-0.1, -0.05) is 58.0 Å². The molecule has 0 amide bonds. The highest BCUT2D eigenvalue weighted by Gasteiger charge is 2.35. The van der Waals surface area contributed by atoms with Crippen LogP contribution in [-0.2, 0) is 11.2 Å². The SMILES string of the molecule is Cc1cc(-c2ccc(COc3cccc([C@@H](CP(C)(=O)O)C4CC4)c3)cc2[C@@H](C)C(C)(C)C)c(F)cn1. The molecule has 37 heavy (non-hydrogen) atoms. The van der Waals surface area contributed by atoms with Gasteiger partial charge < -0.3 is 9.63 Å². The van der Waals surface area contributed by atoms with Gasteiger partial charge in [-0.3, -0.25) is 9.55 Å². The Bertz CT molecular complexity index is 1310. The number of pyridine rings is 1. The van der Waals surface area contributed by atoms with E-state index in [0.717, 1.165) is 46.5 Å². The van der Waals surface area contributed by atoms with Crippen LogP contribution in [0.1, 0.15) is 74.8 Å². The summed E-state index contributed by atoms with van der Waals surface area (Å²) < 4.78 is 33.2. The molecule has 3 aromatic rings. The molecule has 0 spiro atoms. The largest absolute Gasteiger partial charge is 0.489 e. The van der Waals surface area contributed by atoms with Crippen molar-refractivity contribution in [2.24, 2.45) is 11.3 Å². The second-order valence-electron chi connectivity index (χ2n) is 11.9. The summed E-state index contributed by atoms with van der Waals surface area (Å²) in [6.45, 7) is 12.5. The third kappa shape index (κ3) is 7.09. The van der Waals surface area contributed by atoms with Crippen LogP contribution in [0.15, 0.2) is 54.7 Å². The van der Waals surface area contributed by atoms with Crippen molar-refractivity contribution in [1.29, 1.82) is 0 Å². The number of aryl methyl sites for hydroxylation is 1. The molecule has 1 aliphatic carbocycles. The van der Waals surface area contributed by atoms with Crippen molar-refractivity contribution in [3.63, 3.8) is 0 Å². The molecule has 1 aliphatic rings. The number of ether oxygens (including phenoxy) is 1. The van der Waals surface area contributed by atoms with Gasteiger partial charge in [0.05, 0.1) is 6.20 Å². The maximum absolute atomic E-state index is 14.8. The van der Waals surface area contributed by atoms with E-state index in [4.69, 9.17) is 4.74 Å². The Labute approximate surface area is 220 Å². The standard InChI is InChI=1S/C31H39FNO3P/c1-20-14-28(30(32)17-33-20)26-13-10-22(15-27(26)21(2)31(3,4)5)18-36-25-9-7-8-24(16-25)29(23-11-12-23)19-37(6,34)35/h7-10,13-17,21,23,29H,11-12,18-19H2,1-6H3,(H,34,35)/t21-,29+/m1/s1. The zero-order valence-electron chi connectivity index (χ0n) is 22.8. The molecule has 3 atom stereocenters. The van der Waals surface area contributed by atoms with Crippen molar-refractivity contribution >= 4 is 7.37 Å². The lowest BCUT2D eigenvalue weighted by atomic mass is 9.75. The zero-order valence-corrected chi connectivity index (χ0v) is 23.7. The van der Waals surface area contributed by atoms with Crippen LogP contribution in [0.2, 0.25) is 0 Å². The number of hydrogen-bond acceptors (Lipinski definition) is 3. The normalized spacial score (nSPS) is 17.2. The molecule has 2 aromatic carbocycles. The van der Waals surface area contributed by atoms with Crippen LogP contribution >= 0.6 is 7.37 Å². The maximum Gasteiger partial charge on any atom is 0.198 e. The summed E-state index contributed by atoms with van der Waals surface area (Å²) in [7, 11) is -3.12. The minimum absolute atomic E-state index is 0.00957. The third-order valence-corrected chi connectivity index (χ3v) is 8.65. The van der Waals surface area contributed by atoms with Gasteiger partial charge >= 0.3 is 0 Å². The van der Waals surface area contributed by atoms with E-state index in [1.807, 2.05) is 49.4 Å². The Balaban J connectivity index is 1.60. The summed E-state index contributed by atoms with van der Waals surface area (Å²) >= 11 is 0. The predicted molar refractivity (Wildman–Crippen MR) is 149 cm³/mol. The zero-order chi connectivity index (χ0) is 27.0. The molecule has 4 rings (SSSR count). The summed E-state index contributed by atoms with van der Waals surface area (Å²) in [5.41, 5.74) is 5.39. The van der Waals surface area contributed by atoms with Gasteiger partial charge in [0.15, 0.2) is 7.37 Å². The summed E-state index contributed by atoms with van der Waals surface area (Å²) in [6, 6.07) is 15.9. The Kier molecular flexibility index (Phi) is 7.97. The second kappa shape index (κ2) is 10.7. The molecule has 0 saturated heterocycles. The summed E-state index contributed by atoms with van der Waals surface area (Å²) in [4.78, 5) is 14.1. The van der Waals surface area contributed by atoms with Crippen LogP contribution in [-0.4, -0.2) is 22.7 Å². The molecule has 1 fully saturated rings. The molecule has 0 radical (unpaired) electrons. The molecular formula is C31H39FNO3P. The Morgan fingerprint density at radius 2 is 1.86 bits per heavy atom. The molecule has 4 nitrogen and oxygen atoms in total. The van der Waals surface area contributed by atoms with Crippen molar-refractivity contribution in [2.75, 3.05) is 12.8 Å². The Morgan fingerprint density at radius 1 is 1.14 bits per heavy atom. The van der Waals surface area contributed by atoms with Crippen LogP contribution in [0.5, 0.6) is 5.75 Å². The summed E-state index contributed by atoms with van der Waals surface area (Å²) in [6.07, 6.45) is 3.81. The van der Waals surface area contributed by atoms with Gasteiger partial charge in [0.1, 0.15) is 18.2 Å². The number of aromatic nitrogens is 1. The lowest BCUT2D eigenvalue weighted by Gasteiger charge is -2.30. The van der Waals surface area contributed by atoms with Crippen LogP contribution < -0.4 is 4.74 Å². The van der Waals surface area contributed by atoms with Crippen LogP contribution in [0.25, 0.3) is 11.1 Å². The van der Waals surface area contributed by atoms with Crippen molar-refractivity contribution in [3.8, 4) is 16.9 Å². The lowest BCUT2D eigenvalue weighted by molar-refractivity contribution is 0.304. The fourth-order valence-corrected chi connectivity index (χ4v) is 6.15. The highest BCUT2D eigenvalue weighted by molar-refractivity contribution is 7.57. The van der Waals surface area contributed by atoms with Gasteiger partial charge in [-0.05, 0) is 83.4 Å². The molecule has 0 bridgehead atoms.